The van der Waals surface area contributed by atoms with Crippen LogP contribution in [0.15, 0.2) is 72.2 Å². The molecule has 2 aliphatic heterocycles. The van der Waals surface area contributed by atoms with Crippen LogP contribution in [0, 0.1) is 17.3 Å². The molecule has 3 aliphatic rings. The third-order valence-corrected chi connectivity index (χ3v) is 9.29. The molecule has 196 valence electrons. The van der Waals surface area contributed by atoms with Gasteiger partial charge < -0.3 is 14.4 Å². The molecule has 2 aromatic rings. The molecule has 1 amide bonds. The number of hydrogen-bond donors (Lipinski definition) is 0. The Labute approximate surface area is 221 Å². The SMILES string of the molecule is C=CC[C@]12C[C@@]3(O[C@H](C(CC)CC)N=C3C[C@H](c3ccc(OC)cc3)[C@H]1C)N(Cc1ccccc1)C2=O. The van der Waals surface area contributed by atoms with E-state index in [-0.39, 0.29) is 24.0 Å². The number of benzene rings is 2. The second-order valence-corrected chi connectivity index (χ2v) is 11.0. The first-order valence-electron chi connectivity index (χ1n) is 13.8. The van der Waals surface area contributed by atoms with E-state index in [4.69, 9.17) is 14.5 Å². The van der Waals surface area contributed by atoms with Crippen molar-refractivity contribution in [3.8, 4) is 5.75 Å². The molecule has 2 bridgehead atoms. The van der Waals surface area contributed by atoms with Gasteiger partial charge in [0.05, 0.1) is 18.2 Å². The third kappa shape index (κ3) is 4.12. The number of methoxy groups -OCH3 is 1. The van der Waals surface area contributed by atoms with Crippen LogP contribution in [0.2, 0.25) is 0 Å². The van der Waals surface area contributed by atoms with E-state index in [1.165, 1.54) is 5.56 Å². The minimum absolute atomic E-state index is 0.0903. The molecule has 5 rings (SSSR count). The lowest BCUT2D eigenvalue weighted by Crippen LogP contribution is -2.53. The average Bonchev–Trinajstić information content (AvgIpc) is 3.35. The molecule has 2 aromatic carbocycles. The summed E-state index contributed by atoms with van der Waals surface area (Å²) in [6, 6.07) is 18.6. The number of allylic oxidation sites excluding steroid dienone is 1. The van der Waals surface area contributed by atoms with Crippen molar-refractivity contribution in [1.29, 1.82) is 0 Å². The molecular weight excluding hydrogens is 460 g/mol. The molecule has 0 radical (unpaired) electrons. The second-order valence-electron chi connectivity index (χ2n) is 11.0. The molecule has 1 aliphatic carbocycles. The highest BCUT2D eigenvalue weighted by atomic mass is 16.6. The molecule has 1 saturated heterocycles. The lowest BCUT2D eigenvalue weighted by atomic mass is 9.66. The van der Waals surface area contributed by atoms with E-state index >= 15 is 0 Å². The maximum Gasteiger partial charge on any atom is 0.232 e. The zero-order valence-electron chi connectivity index (χ0n) is 22.7. The van der Waals surface area contributed by atoms with Gasteiger partial charge in [-0.1, -0.05) is 69.3 Å². The zero-order chi connectivity index (χ0) is 26.2. The Kier molecular flexibility index (Phi) is 7.01. The molecular formula is C32H40N2O3. The number of hydrogen-bond acceptors (Lipinski definition) is 4. The largest absolute Gasteiger partial charge is 0.497 e. The van der Waals surface area contributed by atoms with Crippen LogP contribution >= 0.6 is 0 Å². The van der Waals surface area contributed by atoms with Crippen LogP contribution in [0.3, 0.4) is 0 Å². The fourth-order valence-corrected chi connectivity index (χ4v) is 7.00. The van der Waals surface area contributed by atoms with Crippen molar-refractivity contribution >= 4 is 11.6 Å². The highest BCUT2D eigenvalue weighted by molar-refractivity contribution is 6.02. The van der Waals surface area contributed by atoms with Gasteiger partial charge in [0.1, 0.15) is 5.75 Å². The first-order valence-corrected chi connectivity index (χ1v) is 13.8. The summed E-state index contributed by atoms with van der Waals surface area (Å²) in [7, 11) is 1.69. The Hall–Kier alpha value is -2.92. The van der Waals surface area contributed by atoms with Crippen LogP contribution in [0.5, 0.6) is 5.75 Å². The first kappa shape index (κ1) is 25.7. The Morgan fingerprint density at radius 3 is 2.49 bits per heavy atom. The standard InChI is InChI=1S/C32H40N2O3/c1-6-18-31-21-32(34(30(31)35)20-23-12-10-9-11-13-23)28(33-29(37-32)24(7-2)8-3)19-27(22(31)4)25-14-16-26(36-5)17-15-25/h6,9-17,22,24,27,29H,1,7-8,18-21H2,2-5H3/t22-,27+,29-,31+,32+/m1/s1. The second kappa shape index (κ2) is 10.1. The number of carbonyl (C=O) groups is 1. The summed E-state index contributed by atoms with van der Waals surface area (Å²) in [5.74, 6) is 1.57. The maximum absolute atomic E-state index is 14.6. The summed E-state index contributed by atoms with van der Waals surface area (Å²) >= 11 is 0. The molecule has 0 aromatic heterocycles. The third-order valence-electron chi connectivity index (χ3n) is 9.29. The minimum Gasteiger partial charge on any atom is -0.497 e. The van der Waals surface area contributed by atoms with Crippen molar-refractivity contribution in [3.63, 3.8) is 0 Å². The molecule has 1 spiro atoms. The number of ether oxygens (including phenoxy) is 2. The van der Waals surface area contributed by atoms with Crippen LogP contribution in [0.25, 0.3) is 0 Å². The molecule has 5 nitrogen and oxygen atoms in total. The van der Waals surface area contributed by atoms with Gasteiger partial charge in [0, 0.05) is 18.9 Å². The van der Waals surface area contributed by atoms with Gasteiger partial charge >= 0.3 is 0 Å². The van der Waals surface area contributed by atoms with E-state index in [1.54, 1.807) is 7.11 Å². The summed E-state index contributed by atoms with van der Waals surface area (Å²) in [4.78, 5) is 21.9. The number of nitrogens with zero attached hydrogens (tertiary/aromatic N) is 2. The van der Waals surface area contributed by atoms with Gasteiger partial charge in [-0.05, 0) is 60.8 Å². The summed E-state index contributed by atoms with van der Waals surface area (Å²) in [6.45, 7) is 11.3. The van der Waals surface area contributed by atoms with E-state index in [1.807, 2.05) is 41.3 Å². The lowest BCUT2D eigenvalue weighted by Gasteiger charge is -2.40. The van der Waals surface area contributed by atoms with E-state index in [0.717, 1.165) is 36.3 Å². The fourth-order valence-electron chi connectivity index (χ4n) is 7.00. The fraction of sp³-hybridized carbons (Fsp3) is 0.500. The maximum atomic E-state index is 14.6. The summed E-state index contributed by atoms with van der Waals surface area (Å²) in [5, 5.41) is 0. The molecule has 2 fully saturated rings. The van der Waals surface area contributed by atoms with Crippen molar-refractivity contribution in [1.82, 2.24) is 4.90 Å². The van der Waals surface area contributed by atoms with Crippen LogP contribution in [-0.2, 0) is 16.1 Å². The lowest BCUT2D eigenvalue weighted by molar-refractivity contribution is -0.155. The highest BCUT2D eigenvalue weighted by Crippen LogP contribution is 2.60. The summed E-state index contributed by atoms with van der Waals surface area (Å²) < 4.78 is 12.4. The number of rotatable bonds is 9. The summed E-state index contributed by atoms with van der Waals surface area (Å²) in [5.41, 5.74) is 1.96. The zero-order valence-corrected chi connectivity index (χ0v) is 22.7. The predicted octanol–water partition coefficient (Wildman–Crippen LogP) is 6.74. The molecule has 1 saturated carbocycles. The van der Waals surface area contributed by atoms with E-state index < -0.39 is 11.1 Å². The first-order chi connectivity index (χ1) is 17.9. The number of aliphatic imine (C=N–C) groups is 1. The Morgan fingerprint density at radius 1 is 1.16 bits per heavy atom. The Bertz CT molecular complexity index is 1160. The van der Waals surface area contributed by atoms with Crippen molar-refractivity contribution in [3.05, 3.63) is 78.4 Å². The van der Waals surface area contributed by atoms with Crippen LogP contribution in [0.4, 0.5) is 0 Å². The quantitative estimate of drug-likeness (QED) is 0.358. The Balaban J connectivity index is 1.64. The van der Waals surface area contributed by atoms with Crippen LogP contribution in [0.1, 0.15) is 69.9 Å². The minimum atomic E-state index is -0.807. The average molecular weight is 501 g/mol. The highest BCUT2D eigenvalue weighted by Gasteiger charge is 2.68. The van der Waals surface area contributed by atoms with Gasteiger partial charge in [-0.15, -0.1) is 6.58 Å². The van der Waals surface area contributed by atoms with Gasteiger partial charge in [0.25, 0.3) is 0 Å². The summed E-state index contributed by atoms with van der Waals surface area (Å²) in [6.07, 6.45) is 5.73. The normalized spacial score (nSPS) is 30.7. The number of fused-ring (bicyclic) bond motifs is 1. The monoisotopic (exact) mass is 500 g/mol. The van der Waals surface area contributed by atoms with E-state index in [9.17, 15) is 4.79 Å². The van der Waals surface area contributed by atoms with Gasteiger partial charge in [-0.3, -0.25) is 9.79 Å². The van der Waals surface area contributed by atoms with Crippen molar-refractivity contribution < 1.29 is 14.3 Å². The number of likely N-dealkylation sites (tertiary alicyclic amines) is 1. The molecule has 37 heavy (non-hydrogen) atoms. The molecule has 5 heteroatoms. The number of carbonyl (C=O) groups excluding carboxylic acids is 1. The van der Waals surface area contributed by atoms with E-state index in [0.29, 0.717) is 25.3 Å². The van der Waals surface area contributed by atoms with E-state index in [2.05, 4.69) is 51.6 Å². The smallest absolute Gasteiger partial charge is 0.232 e. The predicted molar refractivity (Wildman–Crippen MR) is 147 cm³/mol. The van der Waals surface area contributed by atoms with Gasteiger partial charge in [-0.25, -0.2) is 0 Å². The van der Waals surface area contributed by atoms with Gasteiger partial charge in [0.15, 0.2) is 12.0 Å². The van der Waals surface area contributed by atoms with Crippen LogP contribution in [-0.4, -0.2) is 35.6 Å². The molecule has 5 atom stereocenters. The van der Waals surface area contributed by atoms with Gasteiger partial charge in [-0.2, -0.15) is 0 Å². The van der Waals surface area contributed by atoms with Crippen LogP contribution < -0.4 is 4.74 Å². The molecule has 2 heterocycles. The van der Waals surface area contributed by atoms with Crippen molar-refractivity contribution in [2.75, 3.05) is 7.11 Å². The molecule has 0 unspecified atom stereocenters. The van der Waals surface area contributed by atoms with Crippen molar-refractivity contribution in [2.45, 2.75) is 77.3 Å². The van der Waals surface area contributed by atoms with Gasteiger partial charge in [0.2, 0.25) is 5.91 Å². The Morgan fingerprint density at radius 2 is 1.86 bits per heavy atom. The topological polar surface area (TPSA) is 51.1 Å². The molecule has 0 N–H and O–H groups in total. The number of amides is 1. The van der Waals surface area contributed by atoms with Crippen molar-refractivity contribution in [2.24, 2.45) is 22.2 Å².